The van der Waals surface area contributed by atoms with Gasteiger partial charge >= 0.3 is 6.18 Å². The third kappa shape index (κ3) is 5.28. The Kier molecular flexibility index (Phi) is 7.19. The minimum absolute atomic E-state index is 0.00786. The molecule has 5 nitrogen and oxygen atoms in total. The number of halogens is 3. The molecule has 0 bridgehead atoms. The third-order valence-corrected chi connectivity index (χ3v) is 5.52. The van der Waals surface area contributed by atoms with E-state index in [9.17, 15) is 18.0 Å². The summed E-state index contributed by atoms with van der Waals surface area (Å²) in [6.45, 7) is 0. The summed E-state index contributed by atoms with van der Waals surface area (Å²) in [5.41, 5.74) is -0.696. The Hall–Kier alpha value is -3.33. The van der Waals surface area contributed by atoms with Crippen LogP contribution in [0.25, 0.3) is 0 Å². The molecule has 0 heterocycles. The van der Waals surface area contributed by atoms with Crippen molar-refractivity contribution in [1.82, 2.24) is 0 Å². The predicted octanol–water partition coefficient (Wildman–Crippen LogP) is 6.13. The minimum atomic E-state index is -4.59. The molecule has 0 spiro atoms. The summed E-state index contributed by atoms with van der Waals surface area (Å²) in [5.74, 6) is 0.180. The van der Waals surface area contributed by atoms with Crippen LogP contribution in [-0.4, -0.2) is 27.2 Å². The molecule has 32 heavy (non-hydrogen) atoms. The van der Waals surface area contributed by atoms with E-state index in [1.807, 2.05) is 0 Å². The number of hydrogen-bond acceptors (Lipinski definition) is 5. The van der Waals surface area contributed by atoms with Gasteiger partial charge in [-0.1, -0.05) is 30.0 Å². The predicted molar refractivity (Wildman–Crippen MR) is 116 cm³/mol. The van der Waals surface area contributed by atoms with Crippen LogP contribution < -0.4 is 19.5 Å². The first-order valence-electron chi connectivity index (χ1n) is 9.32. The Bertz CT molecular complexity index is 1080. The fraction of sp³-hybridized carbons (Fsp3) is 0.174. The number of methoxy groups -OCH3 is 3. The summed E-state index contributed by atoms with van der Waals surface area (Å²) in [4.78, 5) is 13.4. The van der Waals surface area contributed by atoms with Gasteiger partial charge in [0, 0.05) is 21.0 Å². The van der Waals surface area contributed by atoms with Crippen molar-refractivity contribution in [2.75, 3.05) is 26.6 Å². The average molecular weight is 463 g/mol. The number of benzene rings is 3. The van der Waals surface area contributed by atoms with Crippen LogP contribution in [0.3, 0.4) is 0 Å². The Balaban J connectivity index is 1.91. The van der Waals surface area contributed by atoms with Crippen molar-refractivity contribution >= 4 is 23.4 Å². The topological polar surface area (TPSA) is 56.8 Å². The second-order valence-corrected chi connectivity index (χ2v) is 7.61. The van der Waals surface area contributed by atoms with Gasteiger partial charge in [0.1, 0.15) is 0 Å². The van der Waals surface area contributed by atoms with Gasteiger partial charge in [-0.25, -0.2) is 0 Å². The molecule has 0 saturated heterocycles. The molecule has 0 fully saturated rings. The Morgan fingerprint density at radius 3 is 2.03 bits per heavy atom. The van der Waals surface area contributed by atoms with Gasteiger partial charge in [-0.15, -0.1) is 0 Å². The first-order valence-corrected chi connectivity index (χ1v) is 10.1. The molecular weight excluding hydrogens is 443 g/mol. The molecular formula is C23H20F3NO4S. The van der Waals surface area contributed by atoms with Crippen LogP contribution in [0.4, 0.5) is 18.9 Å². The van der Waals surface area contributed by atoms with Crippen molar-refractivity contribution < 1.29 is 32.2 Å². The monoisotopic (exact) mass is 463 g/mol. The maximum Gasteiger partial charge on any atom is 0.417 e. The molecule has 168 valence electrons. The molecule has 9 heteroatoms. The van der Waals surface area contributed by atoms with E-state index >= 15 is 0 Å². The molecule has 0 atom stereocenters. The number of carbonyl (C=O) groups is 1. The van der Waals surface area contributed by atoms with E-state index in [4.69, 9.17) is 14.2 Å². The number of nitrogens with one attached hydrogen (secondary N) is 1. The van der Waals surface area contributed by atoms with Gasteiger partial charge < -0.3 is 19.5 Å². The highest BCUT2D eigenvalue weighted by molar-refractivity contribution is 7.99. The lowest BCUT2D eigenvalue weighted by atomic mass is 10.1. The number of amides is 1. The third-order valence-electron chi connectivity index (χ3n) is 4.44. The van der Waals surface area contributed by atoms with Gasteiger partial charge in [-0.2, -0.15) is 13.2 Å². The smallest absolute Gasteiger partial charge is 0.417 e. The van der Waals surface area contributed by atoms with E-state index < -0.39 is 17.6 Å². The van der Waals surface area contributed by atoms with Crippen LogP contribution in [0.2, 0.25) is 0 Å². The lowest BCUT2D eigenvalue weighted by Crippen LogP contribution is -2.14. The van der Waals surface area contributed by atoms with Crippen LogP contribution in [0.5, 0.6) is 17.2 Å². The lowest BCUT2D eigenvalue weighted by Gasteiger charge is -2.16. The van der Waals surface area contributed by atoms with Crippen molar-refractivity contribution in [2.24, 2.45) is 0 Å². The maximum atomic E-state index is 13.7. The van der Waals surface area contributed by atoms with Crippen molar-refractivity contribution in [2.45, 2.75) is 16.0 Å². The van der Waals surface area contributed by atoms with E-state index in [0.29, 0.717) is 10.6 Å². The van der Waals surface area contributed by atoms with Crippen LogP contribution in [0.15, 0.2) is 70.5 Å². The highest BCUT2D eigenvalue weighted by Crippen LogP contribution is 2.41. The van der Waals surface area contributed by atoms with Crippen LogP contribution in [-0.2, 0) is 6.18 Å². The van der Waals surface area contributed by atoms with Crippen LogP contribution in [0.1, 0.15) is 15.9 Å². The molecule has 3 rings (SSSR count). The number of rotatable bonds is 7. The lowest BCUT2D eigenvalue weighted by molar-refractivity contribution is -0.139. The van der Waals surface area contributed by atoms with E-state index in [1.54, 1.807) is 30.3 Å². The molecule has 1 amide bonds. The maximum absolute atomic E-state index is 13.7. The van der Waals surface area contributed by atoms with Gasteiger partial charge in [-0.05, 0) is 42.5 Å². The molecule has 1 N–H and O–H groups in total. The Morgan fingerprint density at radius 2 is 1.50 bits per heavy atom. The molecule has 0 aliphatic carbocycles. The number of ether oxygens (including phenoxy) is 3. The van der Waals surface area contributed by atoms with Gasteiger partial charge in [0.15, 0.2) is 11.5 Å². The molecule has 0 unspecified atom stereocenters. The second-order valence-electron chi connectivity index (χ2n) is 6.49. The molecule has 0 aliphatic heterocycles. The van der Waals surface area contributed by atoms with E-state index in [0.717, 1.165) is 17.8 Å². The summed E-state index contributed by atoms with van der Waals surface area (Å²) in [6.07, 6.45) is -4.59. The van der Waals surface area contributed by atoms with Crippen molar-refractivity contribution in [3.05, 3.63) is 71.8 Å². The molecule has 3 aromatic rings. The van der Waals surface area contributed by atoms with E-state index in [2.05, 4.69) is 5.32 Å². The van der Waals surface area contributed by atoms with E-state index in [-0.39, 0.29) is 27.6 Å². The number of alkyl halides is 3. The van der Waals surface area contributed by atoms with Crippen molar-refractivity contribution in [3.8, 4) is 17.2 Å². The normalized spacial score (nSPS) is 11.1. The molecule has 0 aromatic heterocycles. The zero-order valence-corrected chi connectivity index (χ0v) is 18.3. The van der Waals surface area contributed by atoms with Gasteiger partial charge in [0.05, 0.1) is 26.9 Å². The van der Waals surface area contributed by atoms with Gasteiger partial charge in [0.25, 0.3) is 5.91 Å². The minimum Gasteiger partial charge on any atom is -0.493 e. The fourth-order valence-corrected chi connectivity index (χ4v) is 3.92. The summed E-state index contributed by atoms with van der Waals surface area (Å²) >= 11 is 0.999. The number of carbonyl (C=O) groups excluding carboxylic acids is 1. The quantitative estimate of drug-likeness (QED) is 0.457. The molecule has 3 aromatic carbocycles. The van der Waals surface area contributed by atoms with Crippen molar-refractivity contribution in [1.29, 1.82) is 0 Å². The number of hydrogen-bond donors (Lipinski definition) is 1. The SMILES string of the molecule is COc1cc(C(=O)Nc2ccc(Sc3ccccc3)c(C(F)(F)F)c2)cc(OC)c1OC. The average Bonchev–Trinajstić information content (AvgIpc) is 2.78. The highest BCUT2D eigenvalue weighted by atomic mass is 32.2. The van der Waals surface area contributed by atoms with Crippen LogP contribution in [0, 0.1) is 0 Å². The van der Waals surface area contributed by atoms with Crippen LogP contribution >= 0.6 is 11.8 Å². The summed E-state index contributed by atoms with van der Waals surface area (Å²) in [6, 6.07) is 15.3. The molecule has 0 saturated carbocycles. The first-order chi connectivity index (χ1) is 15.3. The Morgan fingerprint density at radius 1 is 0.875 bits per heavy atom. The first kappa shape index (κ1) is 23.3. The fourth-order valence-electron chi connectivity index (χ4n) is 2.95. The summed E-state index contributed by atoms with van der Waals surface area (Å²) in [5, 5.41) is 2.50. The molecule has 0 aliphatic rings. The zero-order valence-electron chi connectivity index (χ0n) is 17.4. The van der Waals surface area contributed by atoms with E-state index in [1.165, 1.54) is 45.6 Å². The van der Waals surface area contributed by atoms with Gasteiger partial charge in [0.2, 0.25) is 5.75 Å². The largest absolute Gasteiger partial charge is 0.493 e. The highest BCUT2D eigenvalue weighted by Gasteiger charge is 2.34. The van der Waals surface area contributed by atoms with Crippen molar-refractivity contribution in [3.63, 3.8) is 0 Å². The Labute approximate surface area is 187 Å². The number of anilines is 1. The second kappa shape index (κ2) is 9.86. The van der Waals surface area contributed by atoms with Gasteiger partial charge in [-0.3, -0.25) is 4.79 Å². The zero-order chi connectivity index (χ0) is 23.3. The summed E-state index contributed by atoms with van der Waals surface area (Å²) in [7, 11) is 4.23. The summed E-state index contributed by atoms with van der Waals surface area (Å²) < 4.78 is 56.8. The molecule has 0 radical (unpaired) electrons. The standard InChI is InChI=1S/C23H20F3NO4S/c1-29-18-11-14(12-19(30-2)21(18)31-3)22(28)27-15-9-10-20(17(13-15)23(24,25)26)32-16-7-5-4-6-8-16/h4-13H,1-3H3,(H,27,28).